The lowest BCUT2D eigenvalue weighted by Crippen LogP contribution is -2.46. The third kappa shape index (κ3) is 2.28. The number of nitrogens with two attached hydrogens (primary N) is 2. The number of rotatable bonds is 2. The molecule has 0 unspecified atom stereocenters. The van der Waals surface area contributed by atoms with Gasteiger partial charge in [-0.3, -0.25) is 0 Å². The highest BCUT2D eigenvalue weighted by Gasteiger charge is 2.19. The number of piperazine rings is 1. The largest absolute Gasteiger partial charge is 0.368 e. The van der Waals surface area contributed by atoms with Crippen molar-refractivity contribution in [1.29, 1.82) is 0 Å². The van der Waals surface area contributed by atoms with Crippen molar-refractivity contribution in [2.45, 2.75) is 0 Å². The van der Waals surface area contributed by atoms with Crippen LogP contribution in [0.15, 0.2) is 0 Å². The number of hydrogen-bond acceptors (Lipinski definition) is 8. The van der Waals surface area contributed by atoms with Crippen LogP contribution >= 0.6 is 0 Å². The molecule has 0 saturated carbocycles. The lowest BCUT2D eigenvalue weighted by Gasteiger charge is -2.32. The molecule has 1 aliphatic rings. The first-order chi connectivity index (χ1) is 7.69. The molecule has 0 atom stereocenters. The molecule has 88 valence electrons. The number of nitrogen functional groups attached to an aromatic ring is 2. The van der Waals surface area contributed by atoms with Gasteiger partial charge in [0.25, 0.3) is 0 Å². The van der Waals surface area contributed by atoms with Crippen LogP contribution in [0.4, 0.5) is 17.8 Å². The highest BCUT2D eigenvalue weighted by molar-refractivity contribution is 5.39. The Balaban J connectivity index is 2.08. The van der Waals surface area contributed by atoms with Crippen LogP contribution in [0.2, 0.25) is 0 Å². The van der Waals surface area contributed by atoms with E-state index < -0.39 is 0 Å². The number of anilines is 3. The zero-order chi connectivity index (χ0) is 11.5. The van der Waals surface area contributed by atoms with Gasteiger partial charge < -0.3 is 21.2 Å². The lowest BCUT2D eigenvalue weighted by atomic mass is 10.4. The first-order valence-electron chi connectivity index (χ1n) is 5.00. The van der Waals surface area contributed by atoms with Gasteiger partial charge in [-0.25, -0.2) is 0 Å². The molecule has 0 spiro atoms. The molecule has 1 fully saturated rings. The molecule has 16 heavy (non-hydrogen) atoms. The highest BCUT2D eigenvalue weighted by Crippen LogP contribution is 2.12. The normalized spacial score (nSPS) is 17.7. The molecule has 0 amide bonds. The molecule has 1 aliphatic heterocycles. The van der Waals surface area contributed by atoms with Crippen LogP contribution in [0, 0.1) is 0 Å². The van der Waals surface area contributed by atoms with Gasteiger partial charge in [0.2, 0.25) is 17.8 Å². The van der Waals surface area contributed by atoms with Gasteiger partial charge in [0.15, 0.2) is 0 Å². The number of aromatic nitrogens is 3. The van der Waals surface area contributed by atoms with Crippen LogP contribution < -0.4 is 16.4 Å². The van der Waals surface area contributed by atoms with Gasteiger partial charge in [0.1, 0.15) is 0 Å². The minimum atomic E-state index is 0.150. The maximum absolute atomic E-state index is 5.52. The fourth-order valence-corrected chi connectivity index (χ4v) is 1.61. The first-order valence-corrected chi connectivity index (χ1v) is 5.00. The molecule has 0 bridgehead atoms. The molecule has 8 nitrogen and oxygen atoms in total. The van der Waals surface area contributed by atoms with Crippen molar-refractivity contribution in [2.24, 2.45) is 0 Å². The summed E-state index contributed by atoms with van der Waals surface area (Å²) in [7, 11) is 1.66. The maximum atomic E-state index is 5.52. The average molecular weight is 225 g/mol. The zero-order valence-corrected chi connectivity index (χ0v) is 9.13. The van der Waals surface area contributed by atoms with Gasteiger partial charge in [-0.05, 0) is 0 Å². The third-order valence-electron chi connectivity index (χ3n) is 2.44. The van der Waals surface area contributed by atoms with Gasteiger partial charge in [-0.1, -0.05) is 0 Å². The predicted molar refractivity (Wildman–Crippen MR) is 59.4 cm³/mol. The summed E-state index contributed by atoms with van der Waals surface area (Å²) in [4.78, 5) is 19.0. The van der Waals surface area contributed by atoms with Gasteiger partial charge >= 0.3 is 0 Å². The Bertz CT molecular complexity index is 343. The Morgan fingerprint density at radius 3 is 2.06 bits per heavy atom. The minimum absolute atomic E-state index is 0.150. The Labute approximate surface area is 93.2 Å². The fourth-order valence-electron chi connectivity index (χ4n) is 1.61. The summed E-state index contributed by atoms with van der Waals surface area (Å²) in [5.74, 6) is 0.828. The van der Waals surface area contributed by atoms with Crippen LogP contribution in [-0.4, -0.2) is 53.3 Å². The second-order valence-electron chi connectivity index (χ2n) is 3.45. The van der Waals surface area contributed by atoms with Crippen LogP contribution in [0.25, 0.3) is 0 Å². The van der Waals surface area contributed by atoms with E-state index >= 15 is 0 Å². The number of nitrogens with zero attached hydrogens (tertiary/aromatic N) is 5. The van der Waals surface area contributed by atoms with Crippen LogP contribution in [0.3, 0.4) is 0 Å². The molecular formula is C8H15N7O. The summed E-state index contributed by atoms with van der Waals surface area (Å²) >= 11 is 0. The standard InChI is InChI=1S/C8H15N7O/c1-16-15-4-2-14(3-5-15)8-12-6(9)11-7(10)13-8/h2-5H2,1H3,(H4,9,10,11,12,13). The van der Waals surface area contributed by atoms with E-state index in [9.17, 15) is 0 Å². The molecule has 4 N–H and O–H groups in total. The molecule has 2 rings (SSSR count). The topological polar surface area (TPSA) is 106 Å². The van der Waals surface area contributed by atoms with Crippen molar-refractivity contribution in [2.75, 3.05) is 49.7 Å². The van der Waals surface area contributed by atoms with E-state index in [1.807, 2.05) is 9.96 Å². The van der Waals surface area contributed by atoms with Gasteiger partial charge in [-0.15, -0.1) is 0 Å². The van der Waals surface area contributed by atoms with Crippen molar-refractivity contribution in [3.05, 3.63) is 0 Å². The molecular weight excluding hydrogens is 210 g/mol. The third-order valence-corrected chi connectivity index (χ3v) is 2.44. The second-order valence-corrected chi connectivity index (χ2v) is 3.45. The maximum Gasteiger partial charge on any atom is 0.232 e. The van der Waals surface area contributed by atoms with Gasteiger partial charge in [0, 0.05) is 26.2 Å². The van der Waals surface area contributed by atoms with E-state index in [4.69, 9.17) is 16.3 Å². The smallest absolute Gasteiger partial charge is 0.232 e. The molecule has 2 heterocycles. The zero-order valence-electron chi connectivity index (χ0n) is 9.13. The Kier molecular flexibility index (Phi) is 3.02. The van der Waals surface area contributed by atoms with Crippen molar-refractivity contribution in [3.8, 4) is 0 Å². The van der Waals surface area contributed by atoms with E-state index in [0.717, 1.165) is 26.2 Å². The van der Waals surface area contributed by atoms with Crippen LogP contribution in [-0.2, 0) is 4.84 Å². The van der Waals surface area contributed by atoms with E-state index in [0.29, 0.717) is 5.95 Å². The van der Waals surface area contributed by atoms with E-state index in [1.54, 1.807) is 7.11 Å². The van der Waals surface area contributed by atoms with E-state index in [1.165, 1.54) is 0 Å². The summed E-state index contributed by atoms with van der Waals surface area (Å²) in [5.41, 5.74) is 11.0. The quantitative estimate of drug-likeness (QED) is 0.641. The minimum Gasteiger partial charge on any atom is -0.368 e. The van der Waals surface area contributed by atoms with Crippen molar-refractivity contribution >= 4 is 17.8 Å². The Hall–Kier alpha value is -1.67. The molecule has 0 aromatic carbocycles. The second kappa shape index (κ2) is 4.45. The van der Waals surface area contributed by atoms with E-state index in [2.05, 4.69) is 15.0 Å². The van der Waals surface area contributed by atoms with Crippen molar-refractivity contribution < 1.29 is 4.84 Å². The predicted octanol–water partition coefficient (Wildman–Crippen LogP) is -1.28. The van der Waals surface area contributed by atoms with Gasteiger partial charge in [-0.2, -0.15) is 20.0 Å². The molecule has 8 heteroatoms. The fraction of sp³-hybridized carbons (Fsp3) is 0.625. The SMILES string of the molecule is CON1CCN(c2nc(N)nc(N)n2)CC1. The van der Waals surface area contributed by atoms with E-state index in [-0.39, 0.29) is 11.9 Å². The summed E-state index contributed by atoms with van der Waals surface area (Å²) in [6.45, 7) is 3.14. The summed E-state index contributed by atoms with van der Waals surface area (Å²) in [6.07, 6.45) is 0. The van der Waals surface area contributed by atoms with Crippen LogP contribution in [0.5, 0.6) is 0 Å². The highest BCUT2D eigenvalue weighted by atomic mass is 16.7. The van der Waals surface area contributed by atoms with Crippen molar-refractivity contribution in [1.82, 2.24) is 20.0 Å². The molecule has 1 aromatic heterocycles. The molecule has 1 saturated heterocycles. The number of hydroxylamine groups is 2. The summed E-state index contributed by atoms with van der Waals surface area (Å²) in [5, 5.41) is 1.88. The molecule has 0 aliphatic carbocycles. The number of hydrogen-bond donors (Lipinski definition) is 2. The van der Waals surface area contributed by atoms with Gasteiger partial charge in [0.05, 0.1) is 7.11 Å². The monoisotopic (exact) mass is 225 g/mol. The Morgan fingerprint density at radius 2 is 1.56 bits per heavy atom. The molecule has 0 radical (unpaired) electrons. The molecule has 1 aromatic rings. The lowest BCUT2D eigenvalue weighted by molar-refractivity contribution is -0.133. The summed E-state index contributed by atoms with van der Waals surface area (Å²) in [6, 6.07) is 0. The average Bonchev–Trinajstić information content (AvgIpc) is 2.28. The van der Waals surface area contributed by atoms with Crippen molar-refractivity contribution in [3.63, 3.8) is 0 Å². The first kappa shape index (κ1) is 10.8. The summed E-state index contributed by atoms with van der Waals surface area (Å²) < 4.78 is 0. The van der Waals surface area contributed by atoms with Crippen LogP contribution in [0.1, 0.15) is 0 Å². The Morgan fingerprint density at radius 1 is 1.00 bits per heavy atom.